The molecule has 0 bridgehead atoms. The van der Waals surface area contributed by atoms with Gasteiger partial charge in [-0.15, -0.1) is 50.4 Å². The molecular formula is C59H41N11O32S9. The molecule has 0 radical (unpaired) electrons. The molecule has 0 unspecified atom stereocenters. The van der Waals surface area contributed by atoms with Crippen molar-refractivity contribution in [1.29, 1.82) is 0 Å². The van der Waals surface area contributed by atoms with Crippen LogP contribution in [0.25, 0.3) is 43.1 Å². The first kappa shape index (κ1) is 81.1. The zero-order chi connectivity index (χ0) is 80.8. The summed E-state index contributed by atoms with van der Waals surface area (Å²) in [5.74, 6) is -4.91. The van der Waals surface area contributed by atoms with Crippen LogP contribution in [0.1, 0.15) is 5.56 Å². The molecule has 43 nitrogen and oxygen atoms in total. The number of hydrogen-bond donors (Lipinski definition) is 14. The predicted octanol–water partition coefficient (Wildman–Crippen LogP) is 14.8. The lowest BCUT2D eigenvalue weighted by atomic mass is 10.0. The number of nitrogens with zero attached hydrogens (tertiary/aromatic N) is 10. The molecule has 578 valence electrons. The first-order valence-electron chi connectivity index (χ1n) is 29.2. The summed E-state index contributed by atoms with van der Waals surface area (Å²) < 4.78 is 267. The van der Waals surface area contributed by atoms with Crippen LogP contribution in [-0.4, -0.2) is 122 Å². The van der Waals surface area contributed by atoms with Gasteiger partial charge in [0.15, 0.2) is 23.0 Å². The second kappa shape index (κ2) is 31.1. The van der Waals surface area contributed by atoms with Crippen molar-refractivity contribution in [3.8, 4) is 28.7 Å². The van der Waals surface area contributed by atoms with Gasteiger partial charge in [-0.1, -0.05) is 44.7 Å². The summed E-state index contributed by atoms with van der Waals surface area (Å²) in [4.78, 5) is -8.44. The molecular weight excluding hydrogens is 1660 g/mol. The average molecular weight is 1700 g/mol. The van der Waals surface area contributed by atoms with Crippen LogP contribution >= 0.6 is 24.4 Å². The van der Waals surface area contributed by atoms with E-state index >= 15 is 0 Å². The quantitative estimate of drug-likeness (QED) is 0.00598. The van der Waals surface area contributed by atoms with Gasteiger partial charge in [-0.2, -0.15) is 64.0 Å². The summed E-state index contributed by atoms with van der Waals surface area (Å²) >= 11 is -0.1000. The van der Waals surface area contributed by atoms with Gasteiger partial charge in [0.1, 0.15) is 75.7 Å². The fraction of sp³-hybridized carbons (Fsp3) is 0.0169. The van der Waals surface area contributed by atoms with E-state index in [4.69, 9.17) is 14.7 Å². The third-order valence-corrected chi connectivity index (χ3v) is 22.4. The molecule has 0 amide bonds. The van der Waals surface area contributed by atoms with Gasteiger partial charge < -0.3 is 29.9 Å². The van der Waals surface area contributed by atoms with E-state index in [0.717, 1.165) is 78.9 Å². The van der Waals surface area contributed by atoms with Gasteiger partial charge in [-0.3, -0.25) is 31.9 Å². The Morgan fingerprint density at radius 3 is 1.38 bits per heavy atom. The van der Waals surface area contributed by atoms with Gasteiger partial charge in [-0.05, 0) is 121 Å². The highest BCUT2D eigenvalue weighted by atomic mass is 32.2. The molecule has 0 heterocycles. The molecule has 0 fully saturated rings. The lowest BCUT2D eigenvalue weighted by Crippen LogP contribution is -2.03. The van der Waals surface area contributed by atoms with Crippen LogP contribution in [0.2, 0.25) is 0 Å². The van der Waals surface area contributed by atoms with Gasteiger partial charge in [0.05, 0.1) is 49.2 Å². The zero-order valence-corrected chi connectivity index (χ0v) is 61.4. The topological polar surface area (TPSA) is 684 Å². The molecule has 11 aromatic carbocycles. The normalized spacial score (nSPS) is 13.1. The number of azo groups is 5. The summed E-state index contributed by atoms with van der Waals surface area (Å²) in [6.45, 7) is 1.32. The molecule has 0 saturated heterocycles. The third-order valence-electron chi connectivity index (χ3n) is 15.3. The Morgan fingerprint density at radius 1 is 0.369 bits per heavy atom. The van der Waals surface area contributed by atoms with Crippen LogP contribution in [0, 0.1) is 6.92 Å². The number of phenols is 4. The van der Waals surface area contributed by atoms with E-state index in [9.17, 15) is 111 Å². The highest BCUT2D eigenvalue weighted by Crippen LogP contribution is 2.53. The van der Waals surface area contributed by atoms with E-state index in [1.807, 2.05) is 0 Å². The SMILES string of the molecule is Cc1cc(N=Nc2c(S(=O)(=O)O)cc3c(S(=O)(=O)O)c(N=Nc4c(Nc5ccccc5)ccc5c(O)c(N=Nc6ccc7c(O)c(N=Nc8ccccc8S(=O)(=O)O)c(SOOO)cc7c6S(=O)(=O)O)c(S(=O)(=O)O)cc45)ccc3c2O)c(OSOOO)cc1N=Nc1cc(S(=O)(=O)O)cc2cc(S(=O)(=O)O)cc(O)c12. The molecule has 14 N–H and O–H groups in total. The standard InChI is InChI=1S/C59H41N11O32S9/c1-26-17-42(45(98-104-102-100-76)25-41(26)64-66-43-20-29(105(77,78)79)18-27-19-30(106(80,81)82)21-44(71)50(27)43)65-70-54-49(109(89,90)91)24-36-33(57(54)74)13-16-40(59(36)111(95,96)97)62-67-51-34-23-48(108(86,87)88)53(56(73)31(34)11-14-38(51)60-28-7-3-2-4-8-28)69-63-39-15-12-32-35(58(39)110(92,93)94)22-46(103-101-99-75)52(55(32)72)68-61-37-9-5-6-10-47(37)107(83,84)85/h2-25,60,71-76H,1H3,(H,77,78,79)(H,80,81,82)(H,83,84,85)(H,86,87,88)(H,89,90,91)(H,92,93,94)(H,95,96,97). The summed E-state index contributed by atoms with van der Waals surface area (Å²) in [7, 11) is -37.8. The number of hydrogen-bond acceptors (Lipinski definition) is 38. The van der Waals surface area contributed by atoms with Crippen molar-refractivity contribution in [3.63, 3.8) is 0 Å². The predicted molar refractivity (Wildman–Crippen MR) is 383 cm³/mol. The van der Waals surface area contributed by atoms with Crippen LogP contribution < -0.4 is 9.50 Å². The molecule has 0 saturated carbocycles. The van der Waals surface area contributed by atoms with Gasteiger partial charge in [0.2, 0.25) is 0 Å². The average Bonchev–Trinajstić information content (AvgIpc) is 0.749. The van der Waals surface area contributed by atoms with Crippen molar-refractivity contribution in [3.05, 3.63) is 151 Å². The summed E-state index contributed by atoms with van der Waals surface area (Å²) in [5.41, 5.74) is -7.05. The van der Waals surface area contributed by atoms with Crippen LogP contribution in [0.3, 0.4) is 0 Å². The third kappa shape index (κ3) is 17.5. The van der Waals surface area contributed by atoms with E-state index in [-0.39, 0.29) is 52.4 Å². The number of aromatic hydroxyl groups is 4. The number of aryl methyl sites for hydroxylation is 1. The van der Waals surface area contributed by atoms with Gasteiger partial charge in [0.25, 0.3) is 83.2 Å². The molecule has 0 spiro atoms. The molecule has 11 rings (SSSR count). The maximum absolute atomic E-state index is 13.6. The number of benzene rings is 11. The molecule has 52 heteroatoms. The van der Waals surface area contributed by atoms with Gasteiger partial charge in [-0.25, -0.2) is 10.5 Å². The number of fused-ring (bicyclic) bond motifs is 4. The van der Waals surface area contributed by atoms with Crippen molar-refractivity contribution in [2.75, 3.05) is 5.32 Å². The summed E-state index contributed by atoms with van der Waals surface area (Å²) in [6, 6.07) is 24.6. The van der Waals surface area contributed by atoms with E-state index in [0.29, 0.717) is 18.2 Å². The highest BCUT2D eigenvalue weighted by Gasteiger charge is 2.32. The Hall–Kier alpha value is -10.9. The Labute approximate surface area is 629 Å². The molecule has 0 atom stereocenters. The molecule has 111 heavy (non-hydrogen) atoms. The minimum atomic E-state index is -5.77. The summed E-state index contributed by atoms with van der Waals surface area (Å²) in [5, 5.41) is 109. The number of phenolic OH excluding ortho intramolecular Hbond substituents is 4. The van der Waals surface area contributed by atoms with Crippen LogP contribution in [0.5, 0.6) is 28.7 Å². The largest absolute Gasteiger partial charge is 0.507 e. The van der Waals surface area contributed by atoms with E-state index in [2.05, 4.69) is 75.2 Å². The Kier molecular flexibility index (Phi) is 22.7. The Morgan fingerprint density at radius 2 is 0.829 bits per heavy atom. The van der Waals surface area contributed by atoms with E-state index in [1.54, 1.807) is 18.2 Å². The minimum Gasteiger partial charge on any atom is -0.507 e. The van der Waals surface area contributed by atoms with E-state index < -0.39 is 228 Å². The lowest BCUT2D eigenvalue weighted by Gasteiger charge is -2.15. The van der Waals surface area contributed by atoms with Crippen molar-refractivity contribution in [1.82, 2.24) is 0 Å². The molecule has 0 aliphatic rings. The van der Waals surface area contributed by atoms with Crippen LogP contribution in [0.4, 0.5) is 68.2 Å². The molecule has 0 aliphatic heterocycles. The summed E-state index contributed by atoms with van der Waals surface area (Å²) in [6.07, 6.45) is 0. The van der Waals surface area contributed by atoms with Crippen LogP contribution in [0.15, 0.2) is 236 Å². The number of rotatable bonds is 26. The second-order valence-electron chi connectivity index (χ2n) is 22.2. The molecule has 0 aromatic heterocycles. The Bertz CT molecular complexity index is 6780. The monoisotopic (exact) mass is 1700 g/mol. The zero-order valence-electron chi connectivity index (χ0n) is 54.1. The highest BCUT2D eigenvalue weighted by molar-refractivity contribution is 7.94. The van der Waals surface area contributed by atoms with Gasteiger partial charge >= 0.3 is 0 Å². The second-order valence-corrected chi connectivity index (χ2v) is 33.1. The van der Waals surface area contributed by atoms with Crippen LogP contribution in [-0.2, 0) is 89.6 Å². The lowest BCUT2D eigenvalue weighted by molar-refractivity contribution is -0.433. The molecule has 0 aliphatic carbocycles. The fourth-order valence-corrected chi connectivity index (χ4v) is 16.0. The fourth-order valence-electron chi connectivity index (χ4n) is 10.6. The van der Waals surface area contributed by atoms with Crippen molar-refractivity contribution >= 4 is 207 Å². The first-order chi connectivity index (χ1) is 52.0. The maximum atomic E-state index is 13.6. The minimum absolute atomic E-state index is 0.0125. The number of nitrogens with one attached hydrogen (secondary N) is 1. The van der Waals surface area contributed by atoms with Gasteiger partial charge in [0, 0.05) is 50.1 Å². The van der Waals surface area contributed by atoms with Crippen molar-refractivity contribution < 1.29 is 145 Å². The maximum Gasteiger partial charge on any atom is 0.297 e. The van der Waals surface area contributed by atoms with Crippen molar-refractivity contribution in [2.45, 2.75) is 46.1 Å². The van der Waals surface area contributed by atoms with E-state index in [1.165, 1.54) is 37.3 Å². The number of para-hydroxylation sites is 1. The first-order valence-corrected chi connectivity index (χ1v) is 40.7. The van der Waals surface area contributed by atoms with Crippen molar-refractivity contribution in [2.24, 2.45) is 51.1 Å². The smallest absolute Gasteiger partial charge is 0.297 e. The number of anilines is 2. The Balaban J connectivity index is 1.02. The molecule has 11 aromatic rings.